The summed E-state index contributed by atoms with van der Waals surface area (Å²) in [4.78, 5) is 34.1. The van der Waals surface area contributed by atoms with Crippen molar-refractivity contribution < 1.29 is 42.8 Å². The van der Waals surface area contributed by atoms with Gasteiger partial charge in [-0.3, -0.25) is 9.59 Å². The van der Waals surface area contributed by atoms with Gasteiger partial charge in [0.1, 0.15) is 12.7 Å². The Morgan fingerprint density at radius 2 is 1.76 bits per heavy atom. The smallest absolute Gasteiger partial charge is 0.338 e. The van der Waals surface area contributed by atoms with E-state index in [4.69, 9.17) is 14.2 Å². The third-order valence-corrected chi connectivity index (χ3v) is 3.32. The van der Waals surface area contributed by atoms with Gasteiger partial charge >= 0.3 is 23.8 Å². The summed E-state index contributed by atoms with van der Waals surface area (Å²) in [6, 6.07) is 7.98. The SMILES string of the molecule is CC(=O)O[C@@H]1O[C@H](COC(=O)c2ccccc2)[C@@H](OC(C)=O)[C@@]1(O)F. The van der Waals surface area contributed by atoms with Crippen molar-refractivity contribution in [3.63, 3.8) is 0 Å². The first kappa shape index (κ1) is 18.8. The van der Waals surface area contributed by atoms with Gasteiger partial charge in [-0.15, -0.1) is 0 Å². The maximum atomic E-state index is 14.5. The van der Waals surface area contributed by atoms with Crippen molar-refractivity contribution >= 4 is 17.9 Å². The molecule has 9 heteroatoms. The van der Waals surface area contributed by atoms with Crippen LogP contribution in [0.5, 0.6) is 0 Å². The second-order valence-electron chi connectivity index (χ2n) is 5.34. The number of hydrogen-bond donors (Lipinski definition) is 1. The van der Waals surface area contributed by atoms with E-state index >= 15 is 0 Å². The average Bonchev–Trinajstić information content (AvgIpc) is 2.76. The zero-order chi connectivity index (χ0) is 18.6. The summed E-state index contributed by atoms with van der Waals surface area (Å²) in [7, 11) is 0. The van der Waals surface area contributed by atoms with Gasteiger partial charge in [-0.25, -0.2) is 9.18 Å². The van der Waals surface area contributed by atoms with Crippen molar-refractivity contribution in [3.8, 4) is 0 Å². The van der Waals surface area contributed by atoms with Crippen LogP contribution in [-0.4, -0.2) is 54.0 Å². The van der Waals surface area contributed by atoms with E-state index in [1.54, 1.807) is 18.2 Å². The van der Waals surface area contributed by atoms with Crippen LogP contribution in [0, 0.1) is 0 Å². The van der Waals surface area contributed by atoms with Crippen LogP contribution in [0.3, 0.4) is 0 Å². The summed E-state index contributed by atoms with van der Waals surface area (Å²) in [5.41, 5.74) is 0.247. The lowest BCUT2D eigenvalue weighted by Gasteiger charge is -2.24. The predicted molar refractivity (Wildman–Crippen MR) is 78.8 cm³/mol. The van der Waals surface area contributed by atoms with E-state index in [1.807, 2.05) is 0 Å². The fraction of sp³-hybridized carbons (Fsp3) is 0.438. The molecule has 1 fully saturated rings. The Morgan fingerprint density at radius 3 is 2.32 bits per heavy atom. The number of benzene rings is 1. The molecule has 1 aliphatic heterocycles. The third kappa shape index (κ3) is 4.52. The maximum Gasteiger partial charge on any atom is 0.338 e. The molecule has 0 unspecified atom stereocenters. The molecule has 0 amide bonds. The molecule has 1 aromatic rings. The first-order valence-electron chi connectivity index (χ1n) is 7.35. The molecule has 0 bridgehead atoms. The lowest BCUT2D eigenvalue weighted by molar-refractivity contribution is -0.254. The number of hydrogen-bond acceptors (Lipinski definition) is 8. The summed E-state index contributed by atoms with van der Waals surface area (Å²) in [5.74, 6) is -5.82. The molecule has 8 nitrogen and oxygen atoms in total. The Balaban J connectivity index is 2.09. The molecule has 4 atom stereocenters. The van der Waals surface area contributed by atoms with Crippen LogP contribution in [0.4, 0.5) is 4.39 Å². The Bertz CT molecular complexity index is 645. The number of aliphatic hydroxyl groups is 1. The van der Waals surface area contributed by atoms with Gasteiger partial charge in [0.05, 0.1) is 5.56 Å². The molecular formula is C16H17FO8. The van der Waals surface area contributed by atoms with E-state index < -0.39 is 48.9 Å². The number of alkyl halides is 1. The Labute approximate surface area is 142 Å². The summed E-state index contributed by atoms with van der Waals surface area (Å²) >= 11 is 0. The van der Waals surface area contributed by atoms with Crippen LogP contribution in [-0.2, 0) is 28.5 Å². The first-order chi connectivity index (χ1) is 11.7. The first-order valence-corrected chi connectivity index (χ1v) is 7.35. The fourth-order valence-electron chi connectivity index (χ4n) is 2.26. The monoisotopic (exact) mass is 356 g/mol. The highest BCUT2D eigenvalue weighted by atomic mass is 19.2. The summed E-state index contributed by atoms with van der Waals surface area (Å²) in [6.07, 6.45) is -5.22. The zero-order valence-corrected chi connectivity index (χ0v) is 13.5. The van der Waals surface area contributed by atoms with Crippen molar-refractivity contribution in [2.45, 2.75) is 38.2 Å². The topological polar surface area (TPSA) is 108 Å². The average molecular weight is 356 g/mol. The quantitative estimate of drug-likeness (QED) is 0.607. The van der Waals surface area contributed by atoms with Crippen LogP contribution >= 0.6 is 0 Å². The largest absolute Gasteiger partial charge is 0.459 e. The zero-order valence-electron chi connectivity index (χ0n) is 13.5. The molecule has 1 N–H and O–H groups in total. The molecular weight excluding hydrogens is 339 g/mol. The van der Waals surface area contributed by atoms with E-state index in [0.717, 1.165) is 13.8 Å². The fourth-order valence-corrected chi connectivity index (χ4v) is 2.26. The van der Waals surface area contributed by atoms with Crippen LogP contribution in [0.15, 0.2) is 30.3 Å². The molecule has 2 rings (SSSR count). The Hall–Kier alpha value is -2.52. The molecule has 1 aromatic carbocycles. The van der Waals surface area contributed by atoms with E-state index in [2.05, 4.69) is 4.74 Å². The molecule has 1 saturated heterocycles. The Kier molecular flexibility index (Phi) is 5.70. The normalized spacial score (nSPS) is 28.2. The van der Waals surface area contributed by atoms with Crippen molar-refractivity contribution in [2.75, 3.05) is 6.61 Å². The molecule has 0 saturated carbocycles. The molecule has 1 heterocycles. The standard InChI is InChI=1S/C16H17FO8/c1-9(18)23-13-12(25-15(16(13,17)21)24-10(2)19)8-22-14(20)11-6-4-3-5-7-11/h3-7,12-13,15,21H,8H2,1-2H3/t12-,13-,15-,16+/m1/s1. The summed E-state index contributed by atoms with van der Waals surface area (Å²) in [5, 5.41) is 9.88. The summed E-state index contributed by atoms with van der Waals surface area (Å²) < 4.78 is 33.8. The highest BCUT2D eigenvalue weighted by molar-refractivity contribution is 5.89. The van der Waals surface area contributed by atoms with Crippen molar-refractivity contribution in [1.29, 1.82) is 0 Å². The number of carbonyl (C=O) groups excluding carboxylic acids is 3. The second kappa shape index (κ2) is 7.58. The van der Waals surface area contributed by atoms with Gasteiger partial charge in [0.15, 0.2) is 6.10 Å². The predicted octanol–water partition coefficient (Wildman–Crippen LogP) is 0.721. The van der Waals surface area contributed by atoms with Gasteiger partial charge in [-0.1, -0.05) is 18.2 Å². The van der Waals surface area contributed by atoms with Crippen molar-refractivity contribution in [1.82, 2.24) is 0 Å². The van der Waals surface area contributed by atoms with E-state index in [-0.39, 0.29) is 5.56 Å². The molecule has 0 aromatic heterocycles. The molecule has 0 spiro atoms. The van der Waals surface area contributed by atoms with Crippen LogP contribution in [0.2, 0.25) is 0 Å². The molecule has 1 aliphatic rings. The minimum Gasteiger partial charge on any atom is -0.459 e. The van der Waals surface area contributed by atoms with Gasteiger partial charge in [0.2, 0.25) is 0 Å². The highest BCUT2D eigenvalue weighted by Gasteiger charge is 2.61. The summed E-state index contributed by atoms with van der Waals surface area (Å²) in [6.45, 7) is 1.46. The maximum absolute atomic E-state index is 14.5. The highest BCUT2D eigenvalue weighted by Crippen LogP contribution is 2.36. The van der Waals surface area contributed by atoms with Gasteiger partial charge in [0.25, 0.3) is 6.29 Å². The van der Waals surface area contributed by atoms with Crippen molar-refractivity contribution in [2.24, 2.45) is 0 Å². The lowest BCUT2D eigenvalue weighted by atomic mass is 10.1. The Morgan fingerprint density at radius 1 is 1.16 bits per heavy atom. The minimum absolute atomic E-state index is 0.247. The van der Waals surface area contributed by atoms with Gasteiger partial charge < -0.3 is 24.1 Å². The number of ether oxygens (including phenoxy) is 4. The lowest BCUT2D eigenvalue weighted by Crippen LogP contribution is -2.48. The van der Waals surface area contributed by atoms with E-state index in [9.17, 15) is 23.9 Å². The number of halogens is 1. The van der Waals surface area contributed by atoms with Crippen LogP contribution in [0.25, 0.3) is 0 Å². The number of esters is 3. The van der Waals surface area contributed by atoms with Gasteiger partial charge in [-0.2, -0.15) is 0 Å². The van der Waals surface area contributed by atoms with E-state index in [0.29, 0.717) is 0 Å². The number of carbonyl (C=O) groups is 3. The third-order valence-electron chi connectivity index (χ3n) is 3.32. The van der Waals surface area contributed by atoms with Gasteiger partial charge in [-0.05, 0) is 12.1 Å². The molecule has 25 heavy (non-hydrogen) atoms. The van der Waals surface area contributed by atoms with Crippen LogP contribution in [0.1, 0.15) is 24.2 Å². The molecule has 0 aliphatic carbocycles. The van der Waals surface area contributed by atoms with E-state index in [1.165, 1.54) is 12.1 Å². The van der Waals surface area contributed by atoms with Crippen LogP contribution < -0.4 is 0 Å². The second-order valence-corrected chi connectivity index (χ2v) is 5.34. The molecule has 136 valence electrons. The molecule has 0 radical (unpaired) electrons. The van der Waals surface area contributed by atoms with Crippen molar-refractivity contribution in [3.05, 3.63) is 35.9 Å². The minimum atomic E-state index is -3.29. The van der Waals surface area contributed by atoms with Gasteiger partial charge in [0, 0.05) is 13.8 Å². The number of rotatable bonds is 5.